The van der Waals surface area contributed by atoms with E-state index >= 15 is 0 Å². The Kier molecular flexibility index (Phi) is 7.42. The monoisotopic (exact) mass is 591 g/mol. The number of nitrogens with one attached hydrogen (secondary N) is 2. The predicted octanol–water partition coefficient (Wildman–Crippen LogP) is 5.29. The van der Waals surface area contributed by atoms with Crippen molar-refractivity contribution in [3.8, 4) is 0 Å². The van der Waals surface area contributed by atoms with Crippen LogP contribution >= 0.6 is 0 Å². The molecule has 3 aromatic rings. The number of amides is 2. The summed E-state index contributed by atoms with van der Waals surface area (Å²) in [6, 6.07) is 0.695. The molecule has 0 aliphatic heterocycles. The average Bonchev–Trinajstić information content (AvgIpc) is 3.48. The van der Waals surface area contributed by atoms with Crippen LogP contribution in [0, 0.1) is 11.8 Å². The highest BCUT2D eigenvalue weighted by molar-refractivity contribution is 5.93. The van der Waals surface area contributed by atoms with Crippen molar-refractivity contribution in [2.45, 2.75) is 101 Å². The summed E-state index contributed by atoms with van der Waals surface area (Å²) in [5, 5.41) is 18.0. The van der Waals surface area contributed by atoms with Crippen LogP contribution in [0.1, 0.15) is 117 Å². The Balaban J connectivity index is 1.21. The molecular weight excluding hydrogens is 558 g/mol. The van der Waals surface area contributed by atoms with Crippen molar-refractivity contribution in [3.05, 3.63) is 41.1 Å². The van der Waals surface area contributed by atoms with E-state index in [0.717, 1.165) is 12.8 Å². The highest BCUT2D eigenvalue weighted by Crippen LogP contribution is 2.44. The van der Waals surface area contributed by atoms with Crippen LogP contribution in [0.3, 0.4) is 0 Å². The van der Waals surface area contributed by atoms with E-state index < -0.39 is 29.8 Å². The van der Waals surface area contributed by atoms with E-state index in [9.17, 15) is 27.2 Å². The highest BCUT2D eigenvalue weighted by atomic mass is 19.3. The third-order valence-electron chi connectivity index (χ3n) is 8.69. The first-order chi connectivity index (χ1) is 20.0. The van der Waals surface area contributed by atoms with E-state index in [1.54, 1.807) is 18.5 Å². The third kappa shape index (κ3) is 6.12. The van der Waals surface area contributed by atoms with E-state index in [2.05, 4.69) is 26.0 Å². The topological polar surface area (TPSA) is 127 Å². The minimum absolute atomic E-state index is 0.0423. The molecule has 3 aliphatic carbocycles. The van der Waals surface area contributed by atoms with Gasteiger partial charge in [-0.15, -0.1) is 0 Å². The number of aromatic nitrogens is 5. The molecule has 2 amide bonds. The van der Waals surface area contributed by atoms with Gasteiger partial charge in [-0.3, -0.25) is 9.59 Å². The van der Waals surface area contributed by atoms with Crippen molar-refractivity contribution in [2.75, 3.05) is 0 Å². The van der Waals surface area contributed by atoms with Gasteiger partial charge in [0, 0.05) is 38.0 Å². The summed E-state index contributed by atoms with van der Waals surface area (Å²) >= 11 is 0. The summed E-state index contributed by atoms with van der Waals surface area (Å²) in [5.41, 5.74) is 2.21. The second-order valence-electron chi connectivity index (χ2n) is 12.0. The van der Waals surface area contributed by atoms with Gasteiger partial charge in [0.1, 0.15) is 5.69 Å². The first-order valence-electron chi connectivity index (χ1n) is 14.5. The summed E-state index contributed by atoms with van der Waals surface area (Å²) < 4.78 is 60.7. The van der Waals surface area contributed by atoms with Gasteiger partial charge in [0.05, 0.1) is 30.2 Å². The molecule has 3 saturated carbocycles. The van der Waals surface area contributed by atoms with Gasteiger partial charge >= 0.3 is 0 Å². The molecule has 3 aliphatic rings. The van der Waals surface area contributed by atoms with Gasteiger partial charge in [0.15, 0.2) is 11.3 Å². The Morgan fingerprint density at radius 3 is 2.48 bits per heavy atom. The van der Waals surface area contributed by atoms with Crippen LogP contribution in [-0.4, -0.2) is 48.6 Å². The molecule has 3 fully saturated rings. The maximum Gasteiger partial charge on any atom is 0.276 e. The van der Waals surface area contributed by atoms with Gasteiger partial charge in [-0.05, 0) is 60.7 Å². The van der Waals surface area contributed by atoms with Crippen molar-refractivity contribution in [2.24, 2.45) is 11.8 Å². The zero-order valence-corrected chi connectivity index (χ0v) is 23.2. The number of nitrogens with zero attached hydrogens (tertiary/aromatic N) is 5. The maximum atomic E-state index is 14.0. The second kappa shape index (κ2) is 10.9. The van der Waals surface area contributed by atoms with E-state index in [0.29, 0.717) is 29.0 Å². The van der Waals surface area contributed by atoms with Crippen LogP contribution in [0.5, 0.6) is 0 Å². The summed E-state index contributed by atoms with van der Waals surface area (Å²) in [6.45, 7) is 1.89. The number of imidazole rings is 1. The van der Waals surface area contributed by atoms with Gasteiger partial charge in [-0.2, -0.15) is 5.10 Å². The van der Waals surface area contributed by atoms with Crippen molar-refractivity contribution in [3.63, 3.8) is 0 Å². The van der Waals surface area contributed by atoms with Crippen molar-refractivity contribution in [1.82, 2.24) is 35.5 Å². The fraction of sp³-hybridized carbons (Fsp3) is 0.643. The lowest BCUT2D eigenvalue weighted by Crippen LogP contribution is -2.39. The zero-order valence-electron chi connectivity index (χ0n) is 23.2. The number of halogens is 4. The molecular formula is C28H33F4N7O3. The minimum Gasteiger partial charge on any atom is -0.349 e. The van der Waals surface area contributed by atoms with E-state index in [-0.39, 0.29) is 74.3 Å². The Morgan fingerprint density at radius 1 is 1.07 bits per heavy atom. The second-order valence-corrected chi connectivity index (χ2v) is 12.0. The van der Waals surface area contributed by atoms with Crippen LogP contribution in [-0.2, 0) is 4.79 Å². The van der Waals surface area contributed by atoms with Gasteiger partial charge in [-0.1, -0.05) is 12.1 Å². The first-order valence-corrected chi connectivity index (χ1v) is 14.5. The lowest BCUT2D eigenvalue weighted by Gasteiger charge is -2.34. The van der Waals surface area contributed by atoms with Gasteiger partial charge in [-0.25, -0.2) is 31.7 Å². The number of hydrogen-bond donors (Lipinski definition) is 2. The minimum atomic E-state index is -2.74. The van der Waals surface area contributed by atoms with E-state index in [4.69, 9.17) is 9.61 Å². The lowest BCUT2D eigenvalue weighted by molar-refractivity contribution is -0.134. The molecule has 0 unspecified atom stereocenters. The number of fused-ring (bicyclic) bond motifs is 1. The van der Waals surface area contributed by atoms with Gasteiger partial charge < -0.3 is 10.6 Å². The standard InChI is InChI=1S/C28H33F4N7O3/c1-2-19(35-22(40)9-15-11-28(31,32)12-15)18-10-21-34-20(14-39(21)33-13-18)23(17-5-7-27(29,30)8-6-17)36-26(41)25-24(16-3-4-16)37-42-38-25/h10,13-17,19,23H,2-9,11-12H2,1H3,(H,35,40)(H,36,41)/t19-,23+/m1/s1. The number of carbonyl (C=O) groups is 2. The molecule has 0 radical (unpaired) electrons. The zero-order chi connectivity index (χ0) is 29.6. The molecule has 3 aromatic heterocycles. The first kappa shape index (κ1) is 28.5. The van der Waals surface area contributed by atoms with Gasteiger partial charge in [0.25, 0.3) is 5.91 Å². The Labute approximate surface area is 239 Å². The van der Waals surface area contributed by atoms with Crippen LogP contribution in [0.4, 0.5) is 17.6 Å². The molecule has 10 nitrogen and oxygen atoms in total. The number of rotatable bonds is 10. The molecule has 226 valence electrons. The molecule has 0 spiro atoms. The molecule has 14 heteroatoms. The largest absolute Gasteiger partial charge is 0.349 e. The van der Waals surface area contributed by atoms with Crippen LogP contribution in [0.2, 0.25) is 0 Å². The van der Waals surface area contributed by atoms with E-state index in [1.165, 1.54) is 4.52 Å². The fourth-order valence-electron chi connectivity index (χ4n) is 6.13. The van der Waals surface area contributed by atoms with Crippen molar-refractivity contribution in [1.29, 1.82) is 0 Å². The number of carbonyl (C=O) groups excluding carboxylic acids is 2. The Bertz CT molecular complexity index is 1450. The molecule has 2 atom stereocenters. The van der Waals surface area contributed by atoms with Crippen molar-refractivity contribution >= 4 is 17.5 Å². The molecule has 0 aromatic carbocycles. The van der Waals surface area contributed by atoms with Crippen LogP contribution in [0.15, 0.2) is 23.1 Å². The van der Waals surface area contributed by atoms with Crippen molar-refractivity contribution < 1.29 is 31.8 Å². The van der Waals surface area contributed by atoms with Crippen LogP contribution < -0.4 is 10.6 Å². The normalized spacial score (nSPS) is 21.9. The number of alkyl halides is 4. The molecule has 42 heavy (non-hydrogen) atoms. The number of hydrogen-bond acceptors (Lipinski definition) is 7. The Hall–Kier alpha value is -3.58. The lowest BCUT2D eigenvalue weighted by atomic mass is 9.79. The average molecular weight is 592 g/mol. The molecule has 0 saturated heterocycles. The van der Waals surface area contributed by atoms with Crippen LogP contribution in [0.25, 0.3) is 5.65 Å². The molecule has 0 bridgehead atoms. The fourth-order valence-corrected chi connectivity index (χ4v) is 6.13. The highest BCUT2D eigenvalue weighted by Gasteiger charge is 2.46. The third-order valence-corrected chi connectivity index (χ3v) is 8.69. The molecule has 3 heterocycles. The summed E-state index contributed by atoms with van der Waals surface area (Å²) in [6.07, 6.45) is 4.93. The SMILES string of the molecule is CC[C@@H](NC(=O)CC1CC(F)(F)C1)c1cnn2cc([C@@H](NC(=O)c3nonc3C3CC3)C3CCC(F)(F)CC3)nc2c1. The summed E-state index contributed by atoms with van der Waals surface area (Å²) in [7, 11) is 0. The maximum absolute atomic E-state index is 14.0. The van der Waals surface area contributed by atoms with E-state index in [1.807, 2.05) is 6.92 Å². The summed E-state index contributed by atoms with van der Waals surface area (Å²) in [4.78, 5) is 30.6. The summed E-state index contributed by atoms with van der Waals surface area (Å²) in [5.74, 6) is -6.70. The predicted molar refractivity (Wildman–Crippen MR) is 140 cm³/mol. The Morgan fingerprint density at radius 2 is 1.81 bits per heavy atom. The quantitative estimate of drug-likeness (QED) is 0.307. The smallest absolute Gasteiger partial charge is 0.276 e. The van der Waals surface area contributed by atoms with Gasteiger partial charge in [0.2, 0.25) is 17.8 Å². The molecule has 2 N–H and O–H groups in total. The molecule has 6 rings (SSSR count).